The van der Waals surface area contributed by atoms with Crippen molar-refractivity contribution in [2.24, 2.45) is 0 Å². The highest BCUT2D eigenvalue weighted by atomic mass is 79.9. The number of H-pyrrole nitrogens is 1. The largest absolute Gasteiger partial charge is 0.354 e. The van der Waals surface area contributed by atoms with E-state index in [0.29, 0.717) is 0 Å². The van der Waals surface area contributed by atoms with E-state index in [1.807, 2.05) is 0 Å². The summed E-state index contributed by atoms with van der Waals surface area (Å²) in [6, 6.07) is 23.3. The van der Waals surface area contributed by atoms with Gasteiger partial charge in [-0.25, -0.2) is 0 Å². The van der Waals surface area contributed by atoms with Gasteiger partial charge in [0.15, 0.2) is 0 Å². The molecule has 2 heteroatoms. The fourth-order valence-corrected chi connectivity index (χ4v) is 3.29. The van der Waals surface area contributed by atoms with Crippen LogP contribution in [-0.4, -0.2) is 4.98 Å². The predicted octanol–water partition coefficient (Wildman–Crippen LogP) is 5.75. The summed E-state index contributed by atoms with van der Waals surface area (Å²) >= 11 is 3.69. The molecule has 1 aromatic heterocycles. The first-order valence-electron chi connectivity index (χ1n) is 6.58. The van der Waals surface area contributed by atoms with Gasteiger partial charge in [0, 0.05) is 26.6 Å². The molecule has 0 saturated carbocycles. The van der Waals surface area contributed by atoms with Gasteiger partial charge in [-0.2, -0.15) is 0 Å². The van der Waals surface area contributed by atoms with Crippen molar-refractivity contribution in [3.63, 3.8) is 0 Å². The molecule has 0 fully saturated rings. The molecule has 1 N–H and O–H groups in total. The Morgan fingerprint density at radius 2 is 1.50 bits per heavy atom. The van der Waals surface area contributed by atoms with Crippen LogP contribution in [0.5, 0.6) is 0 Å². The van der Waals surface area contributed by atoms with E-state index in [0.717, 1.165) is 10.2 Å². The number of hydrogen-bond acceptors (Lipinski definition) is 0. The highest BCUT2D eigenvalue weighted by molar-refractivity contribution is 9.10. The Morgan fingerprint density at radius 3 is 2.35 bits per heavy atom. The van der Waals surface area contributed by atoms with Gasteiger partial charge in [-0.1, -0.05) is 64.5 Å². The summed E-state index contributed by atoms with van der Waals surface area (Å²) in [5.74, 6) is 0. The second-order valence-corrected chi connectivity index (χ2v) is 5.77. The monoisotopic (exact) mass is 321 g/mol. The number of nitrogens with one attached hydrogen (secondary N) is 1. The molecule has 0 aliphatic rings. The van der Waals surface area contributed by atoms with E-state index >= 15 is 0 Å². The number of aromatic nitrogens is 1. The van der Waals surface area contributed by atoms with Crippen LogP contribution in [0.1, 0.15) is 0 Å². The number of halogens is 1. The van der Waals surface area contributed by atoms with E-state index in [9.17, 15) is 0 Å². The predicted molar refractivity (Wildman–Crippen MR) is 88.9 cm³/mol. The summed E-state index contributed by atoms with van der Waals surface area (Å²) in [6.07, 6.45) is 0. The molecule has 0 radical (unpaired) electrons. The molecule has 1 nitrogen and oxygen atoms in total. The van der Waals surface area contributed by atoms with E-state index in [-0.39, 0.29) is 0 Å². The second-order valence-electron chi connectivity index (χ2n) is 4.91. The van der Waals surface area contributed by atoms with Crippen LogP contribution in [-0.2, 0) is 0 Å². The van der Waals surface area contributed by atoms with E-state index in [1.165, 1.54) is 27.2 Å². The third-order valence-electron chi connectivity index (χ3n) is 3.68. The maximum absolute atomic E-state index is 3.69. The van der Waals surface area contributed by atoms with Crippen LogP contribution < -0.4 is 0 Å². The number of aromatic amines is 1. The Balaban J connectivity index is 2.08. The summed E-state index contributed by atoms with van der Waals surface area (Å²) in [5.41, 5.74) is 3.54. The highest BCUT2D eigenvalue weighted by Crippen LogP contribution is 2.36. The van der Waals surface area contributed by atoms with E-state index < -0.39 is 0 Å². The van der Waals surface area contributed by atoms with Crippen LogP contribution in [0.25, 0.3) is 32.9 Å². The molecular formula is C18H12BrN. The molecule has 4 aromatic rings. The van der Waals surface area contributed by atoms with Crippen LogP contribution in [0.15, 0.2) is 71.2 Å². The molecule has 0 atom stereocenters. The van der Waals surface area contributed by atoms with Crippen molar-refractivity contribution < 1.29 is 0 Å². The van der Waals surface area contributed by atoms with Gasteiger partial charge in [0.05, 0.1) is 0 Å². The standard InChI is InChI=1S/C18H12BrN/c19-15-10-9-12-5-1-3-7-14(12)18(15)17-11-13-6-2-4-8-16(13)20-17/h1-11,20H. The van der Waals surface area contributed by atoms with Gasteiger partial charge in [0.25, 0.3) is 0 Å². The highest BCUT2D eigenvalue weighted by Gasteiger charge is 2.10. The number of rotatable bonds is 1. The SMILES string of the molecule is Brc1ccc2ccccc2c1-c1cc2ccccc2[nH]1. The van der Waals surface area contributed by atoms with E-state index in [4.69, 9.17) is 0 Å². The van der Waals surface area contributed by atoms with Gasteiger partial charge in [-0.3, -0.25) is 0 Å². The van der Waals surface area contributed by atoms with Gasteiger partial charge in [-0.05, 0) is 29.0 Å². The summed E-state index contributed by atoms with van der Waals surface area (Å²) in [7, 11) is 0. The summed E-state index contributed by atoms with van der Waals surface area (Å²) in [5, 5.41) is 3.75. The van der Waals surface area contributed by atoms with Crippen molar-refractivity contribution >= 4 is 37.6 Å². The van der Waals surface area contributed by atoms with Gasteiger partial charge in [0.2, 0.25) is 0 Å². The third kappa shape index (κ3) is 1.76. The average molecular weight is 322 g/mol. The molecule has 0 aliphatic carbocycles. The summed E-state index contributed by atoms with van der Waals surface area (Å²) < 4.78 is 1.11. The molecule has 0 bridgehead atoms. The van der Waals surface area contributed by atoms with Crippen molar-refractivity contribution in [3.8, 4) is 11.3 Å². The van der Waals surface area contributed by atoms with E-state index in [2.05, 4.69) is 87.6 Å². The fraction of sp³-hybridized carbons (Fsp3) is 0. The smallest absolute Gasteiger partial charge is 0.0482 e. The van der Waals surface area contributed by atoms with Gasteiger partial charge >= 0.3 is 0 Å². The quantitative estimate of drug-likeness (QED) is 0.459. The molecule has 0 amide bonds. The minimum absolute atomic E-state index is 1.11. The van der Waals surface area contributed by atoms with Crippen molar-refractivity contribution in [3.05, 3.63) is 71.2 Å². The Bertz CT molecular complexity index is 888. The minimum Gasteiger partial charge on any atom is -0.354 e. The lowest BCUT2D eigenvalue weighted by molar-refractivity contribution is 1.46. The van der Waals surface area contributed by atoms with Crippen LogP contribution in [0.4, 0.5) is 0 Å². The van der Waals surface area contributed by atoms with Crippen molar-refractivity contribution in [1.82, 2.24) is 4.98 Å². The van der Waals surface area contributed by atoms with Crippen molar-refractivity contribution in [1.29, 1.82) is 0 Å². The number of fused-ring (bicyclic) bond motifs is 2. The molecule has 0 saturated heterocycles. The van der Waals surface area contributed by atoms with Crippen LogP contribution in [0, 0.1) is 0 Å². The normalized spacial score (nSPS) is 11.2. The molecule has 4 rings (SSSR count). The number of benzene rings is 3. The fourth-order valence-electron chi connectivity index (χ4n) is 2.73. The molecule has 0 spiro atoms. The summed E-state index contributed by atoms with van der Waals surface area (Å²) in [4.78, 5) is 3.51. The summed E-state index contributed by atoms with van der Waals surface area (Å²) in [6.45, 7) is 0. The Labute approximate surface area is 125 Å². The first-order chi connectivity index (χ1) is 9.83. The molecule has 20 heavy (non-hydrogen) atoms. The molecule has 3 aromatic carbocycles. The Hall–Kier alpha value is -2.06. The first kappa shape index (κ1) is 11.7. The lowest BCUT2D eigenvalue weighted by Crippen LogP contribution is -1.83. The van der Waals surface area contributed by atoms with Crippen molar-refractivity contribution in [2.45, 2.75) is 0 Å². The van der Waals surface area contributed by atoms with Crippen LogP contribution in [0.2, 0.25) is 0 Å². The number of hydrogen-bond donors (Lipinski definition) is 1. The topological polar surface area (TPSA) is 15.8 Å². The average Bonchev–Trinajstić information content (AvgIpc) is 2.90. The zero-order valence-electron chi connectivity index (χ0n) is 10.7. The maximum Gasteiger partial charge on any atom is 0.0482 e. The second kappa shape index (κ2) is 4.50. The maximum atomic E-state index is 3.69. The van der Waals surface area contributed by atoms with Gasteiger partial charge < -0.3 is 4.98 Å². The lowest BCUT2D eigenvalue weighted by atomic mass is 10.0. The van der Waals surface area contributed by atoms with Gasteiger partial charge in [-0.15, -0.1) is 0 Å². The zero-order chi connectivity index (χ0) is 13.5. The first-order valence-corrected chi connectivity index (χ1v) is 7.37. The van der Waals surface area contributed by atoms with Gasteiger partial charge in [0.1, 0.15) is 0 Å². The van der Waals surface area contributed by atoms with E-state index in [1.54, 1.807) is 0 Å². The number of para-hydroxylation sites is 1. The lowest BCUT2D eigenvalue weighted by Gasteiger charge is -2.07. The van der Waals surface area contributed by atoms with Crippen LogP contribution in [0.3, 0.4) is 0 Å². The molecule has 1 heterocycles. The molecule has 0 aliphatic heterocycles. The Morgan fingerprint density at radius 1 is 0.750 bits per heavy atom. The molecular weight excluding hydrogens is 310 g/mol. The third-order valence-corrected chi connectivity index (χ3v) is 4.34. The zero-order valence-corrected chi connectivity index (χ0v) is 12.3. The molecule has 96 valence electrons. The Kier molecular flexibility index (Phi) is 2.64. The van der Waals surface area contributed by atoms with Crippen LogP contribution >= 0.6 is 15.9 Å². The minimum atomic E-state index is 1.11. The molecule has 0 unspecified atom stereocenters. The van der Waals surface area contributed by atoms with Crippen molar-refractivity contribution in [2.75, 3.05) is 0 Å².